The fourth-order valence-electron chi connectivity index (χ4n) is 2.94. The lowest BCUT2D eigenvalue weighted by atomic mass is 9.89. The van der Waals surface area contributed by atoms with Crippen molar-refractivity contribution in [1.82, 2.24) is 14.5 Å². The lowest BCUT2D eigenvalue weighted by Gasteiger charge is -2.33. The molecule has 120 valence electrons. The van der Waals surface area contributed by atoms with Crippen LogP contribution in [0.1, 0.15) is 58.8 Å². The molecule has 0 aliphatic rings. The van der Waals surface area contributed by atoms with Crippen LogP contribution in [0.3, 0.4) is 0 Å². The van der Waals surface area contributed by atoms with Crippen LogP contribution < -0.4 is 0 Å². The van der Waals surface area contributed by atoms with Crippen LogP contribution in [0.15, 0.2) is 12.3 Å². The first kappa shape index (κ1) is 16.5. The van der Waals surface area contributed by atoms with Gasteiger partial charge in [-0.3, -0.25) is 4.57 Å². The SMILES string of the molecule is CCC(CC)(C(=O)O)n1c(C(C)(C)C)nc2cc(C)cnc21. The van der Waals surface area contributed by atoms with E-state index in [0.717, 1.165) is 16.9 Å². The maximum absolute atomic E-state index is 12.1. The lowest BCUT2D eigenvalue weighted by Crippen LogP contribution is -2.43. The van der Waals surface area contributed by atoms with E-state index >= 15 is 0 Å². The molecule has 0 saturated heterocycles. The van der Waals surface area contributed by atoms with Crippen LogP contribution in [0.4, 0.5) is 0 Å². The Balaban J connectivity index is 2.93. The summed E-state index contributed by atoms with van der Waals surface area (Å²) in [6.45, 7) is 11.9. The van der Waals surface area contributed by atoms with E-state index in [0.29, 0.717) is 18.5 Å². The van der Waals surface area contributed by atoms with Crippen LogP contribution in [0.25, 0.3) is 11.2 Å². The highest BCUT2D eigenvalue weighted by Gasteiger charge is 2.42. The van der Waals surface area contributed by atoms with Crippen molar-refractivity contribution in [3.05, 3.63) is 23.7 Å². The molecule has 2 aromatic rings. The lowest BCUT2D eigenvalue weighted by molar-refractivity contribution is -0.148. The predicted molar refractivity (Wildman–Crippen MR) is 87.2 cm³/mol. The summed E-state index contributed by atoms with van der Waals surface area (Å²) < 4.78 is 1.85. The molecule has 2 heterocycles. The summed E-state index contributed by atoms with van der Waals surface area (Å²) in [7, 11) is 0. The van der Waals surface area contributed by atoms with Crippen LogP contribution in [-0.2, 0) is 15.7 Å². The van der Waals surface area contributed by atoms with E-state index in [4.69, 9.17) is 4.98 Å². The van der Waals surface area contributed by atoms with Crippen LogP contribution in [0.5, 0.6) is 0 Å². The summed E-state index contributed by atoms with van der Waals surface area (Å²) in [5.74, 6) is -0.0589. The highest BCUT2D eigenvalue weighted by molar-refractivity contribution is 5.81. The van der Waals surface area contributed by atoms with Crippen LogP contribution >= 0.6 is 0 Å². The highest BCUT2D eigenvalue weighted by atomic mass is 16.4. The van der Waals surface area contributed by atoms with Crippen molar-refractivity contribution < 1.29 is 9.90 Å². The quantitative estimate of drug-likeness (QED) is 0.936. The van der Waals surface area contributed by atoms with Crippen molar-refractivity contribution in [2.75, 3.05) is 0 Å². The van der Waals surface area contributed by atoms with Gasteiger partial charge in [0.25, 0.3) is 0 Å². The van der Waals surface area contributed by atoms with Crippen molar-refractivity contribution in [3.63, 3.8) is 0 Å². The molecule has 0 unspecified atom stereocenters. The van der Waals surface area contributed by atoms with E-state index in [1.807, 2.05) is 31.4 Å². The summed E-state index contributed by atoms with van der Waals surface area (Å²) in [6, 6.07) is 1.96. The Bertz CT molecular complexity index is 706. The zero-order valence-corrected chi connectivity index (χ0v) is 14.3. The molecule has 0 spiro atoms. The Morgan fingerprint density at radius 2 is 1.86 bits per heavy atom. The molecule has 1 N–H and O–H groups in total. The van der Waals surface area contributed by atoms with Gasteiger partial charge in [-0.15, -0.1) is 0 Å². The Morgan fingerprint density at radius 3 is 2.32 bits per heavy atom. The molecular formula is C17H25N3O2. The molecular weight excluding hydrogens is 278 g/mol. The second-order valence-electron chi connectivity index (χ2n) is 6.92. The Labute approximate surface area is 131 Å². The molecule has 0 aromatic carbocycles. The predicted octanol–water partition coefficient (Wildman–Crippen LogP) is 3.64. The number of rotatable bonds is 4. The molecule has 0 atom stereocenters. The molecule has 0 amide bonds. The van der Waals surface area contributed by atoms with E-state index in [-0.39, 0.29) is 5.41 Å². The third-order valence-electron chi connectivity index (χ3n) is 4.30. The number of imidazole rings is 1. The minimum atomic E-state index is -1.01. The van der Waals surface area contributed by atoms with E-state index in [2.05, 4.69) is 25.8 Å². The zero-order chi connectivity index (χ0) is 16.7. The van der Waals surface area contributed by atoms with Gasteiger partial charge in [0.1, 0.15) is 16.9 Å². The second-order valence-corrected chi connectivity index (χ2v) is 6.92. The van der Waals surface area contributed by atoms with Crippen LogP contribution in [-0.4, -0.2) is 25.6 Å². The van der Waals surface area contributed by atoms with Crippen molar-refractivity contribution >= 4 is 17.1 Å². The van der Waals surface area contributed by atoms with Gasteiger partial charge < -0.3 is 5.11 Å². The number of aryl methyl sites for hydroxylation is 1. The number of aromatic nitrogens is 3. The molecule has 22 heavy (non-hydrogen) atoms. The summed E-state index contributed by atoms with van der Waals surface area (Å²) in [5.41, 5.74) is 1.16. The fraction of sp³-hybridized carbons (Fsp3) is 0.588. The summed E-state index contributed by atoms with van der Waals surface area (Å²) >= 11 is 0. The first-order chi connectivity index (χ1) is 10.2. The Morgan fingerprint density at radius 1 is 1.27 bits per heavy atom. The number of carboxylic acid groups (broad SMARTS) is 1. The number of nitrogens with zero attached hydrogens (tertiary/aromatic N) is 3. The first-order valence-corrected chi connectivity index (χ1v) is 7.76. The molecule has 2 aromatic heterocycles. The molecule has 5 nitrogen and oxygen atoms in total. The smallest absolute Gasteiger partial charge is 0.329 e. The van der Waals surface area contributed by atoms with Gasteiger partial charge in [-0.25, -0.2) is 14.8 Å². The first-order valence-electron chi connectivity index (χ1n) is 7.76. The maximum atomic E-state index is 12.1. The van der Waals surface area contributed by atoms with Gasteiger partial charge in [0.05, 0.1) is 0 Å². The summed E-state index contributed by atoms with van der Waals surface area (Å²) in [6.07, 6.45) is 2.75. The third-order valence-corrected chi connectivity index (χ3v) is 4.30. The highest BCUT2D eigenvalue weighted by Crippen LogP contribution is 2.35. The molecule has 2 rings (SSSR count). The van der Waals surface area contributed by atoms with Gasteiger partial charge in [-0.2, -0.15) is 0 Å². The van der Waals surface area contributed by atoms with E-state index in [1.165, 1.54) is 0 Å². The van der Waals surface area contributed by atoms with E-state index in [1.54, 1.807) is 6.20 Å². The van der Waals surface area contributed by atoms with E-state index < -0.39 is 11.5 Å². The number of hydrogen-bond acceptors (Lipinski definition) is 3. The fourth-order valence-corrected chi connectivity index (χ4v) is 2.94. The van der Waals surface area contributed by atoms with Crippen molar-refractivity contribution in [2.45, 2.75) is 65.3 Å². The number of hydrogen-bond donors (Lipinski definition) is 1. The van der Waals surface area contributed by atoms with Gasteiger partial charge in [-0.1, -0.05) is 34.6 Å². The molecule has 0 bridgehead atoms. The van der Waals surface area contributed by atoms with Gasteiger partial charge in [-0.05, 0) is 31.4 Å². The molecule has 0 fully saturated rings. The number of fused-ring (bicyclic) bond motifs is 1. The van der Waals surface area contributed by atoms with Crippen molar-refractivity contribution in [3.8, 4) is 0 Å². The standard InChI is InChI=1S/C17H25N3O2/c1-7-17(8-2,15(21)22)20-13-12(9-11(3)10-18-13)19-14(20)16(4,5)6/h9-10H,7-8H2,1-6H3,(H,21,22). The van der Waals surface area contributed by atoms with E-state index in [9.17, 15) is 9.90 Å². The minimum Gasteiger partial charge on any atom is -0.479 e. The molecule has 0 aliphatic carbocycles. The van der Waals surface area contributed by atoms with Crippen molar-refractivity contribution in [1.29, 1.82) is 0 Å². The number of pyridine rings is 1. The van der Waals surface area contributed by atoms with Gasteiger partial charge in [0.2, 0.25) is 0 Å². The molecule has 5 heteroatoms. The average molecular weight is 303 g/mol. The van der Waals surface area contributed by atoms with Crippen LogP contribution in [0.2, 0.25) is 0 Å². The normalized spacial score (nSPS) is 12.8. The third kappa shape index (κ3) is 2.38. The minimum absolute atomic E-state index is 0.264. The summed E-state index contributed by atoms with van der Waals surface area (Å²) in [4.78, 5) is 21.3. The second kappa shape index (κ2) is 5.38. The van der Waals surface area contributed by atoms with Gasteiger partial charge >= 0.3 is 5.97 Å². The average Bonchev–Trinajstić information content (AvgIpc) is 2.80. The number of carboxylic acids is 1. The largest absolute Gasteiger partial charge is 0.479 e. The zero-order valence-electron chi connectivity index (χ0n) is 14.3. The molecule has 0 radical (unpaired) electrons. The topological polar surface area (TPSA) is 68.0 Å². The van der Waals surface area contributed by atoms with Gasteiger partial charge in [0.15, 0.2) is 5.65 Å². The maximum Gasteiger partial charge on any atom is 0.329 e. The Hall–Kier alpha value is -1.91. The number of aliphatic carboxylic acids is 1. The molecule has 0 aliphatic heterocycles. The van der Waals surface area contributed by atoms with Gasteiger partial charge in [0, 0.05) is 11.6 Å². The Kier molecular flexibility index (Phi) is 4.02. The van der Waals surface area contributed by atoms with Crippen LogP contribution in [0, 0.1) is 6.92 Å². The monoisotopic (exact) mass is 303 g/mol. The molecule has 0 saturated carbocycles. The summed E-state index contributed by atoms with van der Waals surface area (Å²) in [5, 5.41) is 9.92. The van der Waals surface area contributed by atoms with Crippen molar-refractivity contribution in [2.24, 2.45) is 0 Å². The number of carbonyl (C=O) groups is 1.